The minimum atomic E-state index is -0.931. The van der Waals surface area contributed by atoms with E-state index in [0.717, 1.165) is 0 Å². The van der Waals surface area contributed by atoms with E-state index in [1.54, 1.807) is 13.8 Å². The van der Waals surface area contributed by atoms with Crippen molar-refractivity contribution in [3.05, 3.63) is 0 Å². The molecule has 9 heavy (non-hydrogen) atoms. The Balaban J connectivity index is 0. The van der Waals surface area contributed by atoms with Gasteiger partial charge in [0.05, 0.1) is 0 Å². The average molecular weight is 141 g/mol. The SMILES string of the molecule is CC(C)[C@@H](N)C(=O)O.[NaH]. The fourth-order valence-electron chi connectivity index (χ4n) is 0.285. The predicted octanol–water partition coefficient (Wildman–Crippen LogP) is -0.594. The second-order valence-electron chi connectivity index (χ2n) is 2.11. The van der Waals surface area contributed by atoms with Crippen LogP contribution in [0, 0.1) is 5.92 Å². The summed E-state index contributed by atoms with van der Waals surface area (Å²) in [5, 5.41) is 8.23. The number of carboxylic acids is 1. The van der Waals surface area contributed by atoms with Gasteiger partial charge in [0.2, 0.25) is 0 Å². The Morgan fingerprint density at radius 2 is 1.89 bits per heavy atom. The Labute approximate surface area is 76.9 Å². The first-order valence-corrected chi connectivity index (χ1v) is 2.54. The van der Waals surface area contributed by atoms with Crippen molar-refractivity contribution in [2.45, 2.75) is 19.9 Å². The molecule has 1 atom stereocenters. The molecule has 0 aromatic rings. The van der Waals surface area contributed by atoms with Gasteiger partial charge in [0.1, 0.15) is 6.04 Å². The molecule has 0 heterocycles. The Hall–Kier alpha value is 0.430. The molecule has 50 valence electrons. The minimum absolute atomic E-state index is 0. The first kappa shape index (κ1) is 12.1. The van der Waals surface area contributed by atoms with Crippen LogP contribution >= 0.6 is 0 Å². The van der Waals surface area contributed by atoms with E-state index in [0.29, 0.717) is 0 Å². The van der Waals surface area contributed by atoms with Crippen molar-refractivity contribution in [2.75, 3.05) is 0 Å². The molecule has 0 aliphatic rings. The van der Waals surface area contributed by atoms with Crippen molar-refractivity contribution in [1.82, 2.24) is 0 Å². The van der Waals surface area contributed by atoms with Crippen LogP contribution in [0.25, 0.3) is 0 Å². The van der Waals surface area contributed by atoms with Crippen LogP contribution < -0.4 is 5.73 Å². The first-order chi connectivity index (χ1) is 3.55. The average Bonchev–Trinajstić information content (AvgIpc) is 1.64. The first-order valence-electron chi connectivity index (χ1n) is 2.54. The number of rotatable bonds is 2. The molecule has 0 saturated heterocycles. The Morgan fingerprint density at radius 3 is 1.89 bits per heavy atom. The summed E-state index contributed by atoms with van der Waals surface area (Å²) in [5.74, 6) is -0.910. The monoisotopic (exact) mass is 141 g/mol. The van der Waals surface area contributed by atoms with Crippen LogP contribution in [0.4, 0.5) is 0 Å². The summed E-state index contributed by atoms with van der Waals surface area (Å²) in [4.78, 5) is 10.0. The molecule has 0 radical (unpaired) electrons. The van der Waals surface area contributed by atoms with Gasteiger partial charge in [-0.3, -0.25) is 4.79 Å². The maximum absolute atomic E-state index is 10.0. The summed E-state index contributed by atoms with van der Waals surface area (Å²) < 4.78 is 0. The zero-order valence-corrected chi connectivity index (χ0v) is 5.09. The Morgan fingerprint density at radius 1 is 1.56 bits per heavy atom. The van der Waals surface area contributed by atoms with Crippen molar-refractivity contribution in [1.29, 1.82) is 0 Å². The van der Waals surface area contributed by atoms with Gasteiger partial charge >= 0.3 is 35.5 Å². The number of nitrogens with two attached hydrogens (primary N) is 1. The Bertz CT molecular complexity index is 95.0. The molecule has 0 aliphatic heterocycles. The molecular weight excluding hydrogens is 129 g/mol. The molecule has 3 N–H and O–H groups in total. The number of aliphatic carboxylic acids is 1. The van der Waals surface area contributed by atoms with Gasteiger partial charge in [-0.2, -0.15) is 0 Å². The number of carboxylic acid groups (broad SMARTS) is 1. The van der Waals surface area contributed by atoms with Crippen LogP contribution in [0.3, 0.4) is 0 Å². The summed E-state index contributed by atoms with van der Waals surface area (Å²) in [5.41, 5.74) is 5.16. The normalized spacial score (nSPS) is 12.4. The molecule has 3 nitrogen and oxygen atoms in total. The third kappa shape index (κ3) is 4.90. The molecule has 0 aliphatic carbocycles. The van der Waals surface area contributed by atoms with Gasteiger partial charge in [-0.15, -0.1) is 0 Å². The third-order valence-electron chi connectivity index (χ3n) is 1.00. The van der Waals surface area contributed by atoms with Gasteiger partial charge < -0.3 is 10.8 Å². The van der Waals surface area contributed by atoms with Crippen molar-refractivity contribution in [3.8, 4) is 0 Å². The maximum atomic E-state index is 10.0. The molecule has 0 bridgehead atoms. The van der Waals surface area contributed by atoms with Crippen molar-refractivity contribution in [3.63, 3.8) is 0 Å². The van der Waals surface area contributed by atoms with Crippen molar-refractivity contribution in [2.24, 2.45) is 11.7 Å². The summed E-state index contributed by atoms with van der Waals surface area (Å²) in [6.07, 6.45) is 0. The molecule has 0 spiro atoms. The van der Waals surface area contributed by atoms with E-state index in [4.69, 9.17) is 10.8 Å². The number of hydrogen-bond acceptors (Lipinski definition) is 2. The van der Waals surface area contributed by atoms with Crippen LogP contribution in [0.2, 0.25) is 0 Å². The predicted molar refractivity (Wildman–Crippen MR) is 37.6 cm³/mol. The van der Waals surface area contributed by atoms with Gasteiger partial charge in [-0.05, 0) is 5.92 Å². The summed E-state index contributed by atoms with van der Waals surface area (Å²) in [6, 6.07) is -0.713. The summed E-state index contributed by atoms with van der Waals surface area (Å²) in [6.45, 7) is 3.55. The van der Waals surface area contributed by atoms with Crippen LogP contribution in [-0.2, 0) is 4.79 Å². The van der Waals surface area contributed by atoms with E-state index in [1.807, 2.05) is 0 Å². The van der Waals surface area contributed by atoms with E-state index in [-0.39, 0.29) is 35.5 Å². The van der Waals surface area contributed by atoms with Crippen LogP contribution in [0.5, 0.6) is 0 Å². The molecule has 0 aromatic heterocycles. The van der Waals surface area contributed by atoms with Gasteiger partial charge in [0.25, 0.3) is 0 Å². The molecule has 0 saturated carbocycles. The van der Waals surface area contributed by atoms with Gasteiger partial charge in [-0.1, -0.05) is 13.8 Å². The van der Waals surface area contributed by atoms with Gasteiger partial charge in [-0.25, -0.2) is 0 Å². The molecular formula is C5H12NNaO2. The van der Waals surface area contributed by atoms with Crippen LogP contribution in [0.15, 0.2) is 0 Å². The summed E-state index contributed by atoms with van der Waals surface area (Å²) in [7, 11) is 0. The zero-order valence-electron chi connectivity index (χ0n) is 5.09. The molecule has 0 aromatic carbocycles. The Kier molecular flexibility index (Phi) is 7.06. The number of carbonyl (C=O) groups is 1. The zero-order chi connectivity index (χ0) is 6.73. The molecule has 0 amide bonds. The van der Waals surface area contributed by atoms with Crippen LogP contribution in [-0.4, -0.2) is 46.7 Å². The van der Waals surface area contributed by atoms with E-state index in [1.165, 1.54) is 0 Å². The second kappa shape index (κ2) is 5.23. The quantitative estimate of drug-likeness (QED) is 0.505. The van der Waals surface area contributed by atoms with Crippen LogP contribution in [0.1, 0.15) is 13.8 Å². The van der Waals surface area contributed by atoms with E-state index in [2.05, 4.69) is 0 Å². The fourth-order valence-corrected chi connectivity index (χ4v) is 0.285. The van der Waals surface area contributed by atoms with E-state index >= 15 is 0 Å². The number of hydrogen-bond donors (Lipinski definition) is 2. The van der Waals surface area contributed by atoms with Gasteiger partial charge in [0, 0.05) is 0 Å². The van der Waals surface area contributed by atoms with E-state index in [9.17, 15) is 4.79 Å². The second-order valence-corrected chi connectivity index (χ2v) is 2.11. The topological polar surface area (TPSA) is 63.3 Å². The molecule has 0 unspecified atom stereocenters. The van der Waals surface area contributed by atoms with E-state index < -0.39 is 12.0 Å². The summed E-state index contributed by atoms with van der Waals surface area (Å²) >= 11 is 0. The van der Waals surface area contributed by atoms with Crippen molar-refractivity contribution >= 4 is 35.5 Å². The molecule has 0 fully saturated rings. The fraction of sp³-hybridized carbons (Fsp3) is 0.800. The molecule has 4 heteroatoms. The third-order valence-corrected chi connectivity index (χ3v) is 1.00. The standard InChI is InChI=1S/C5H11NO2.Na.H/c1-3(2)4(6)5(7)8;;/h3-4H,6H2,1-2H3,(H,7,8);;/t4-;;/m1../s1. The van der Waals surface area contributed by atoms with Gasteiger partial charge in [0.15, 0.2) is 0 Å². The van der Waals surface area contributed by atoms with Crippen molar-refractivity contribution < 1.29 is 9.90 Å². The molecule has 0 rings (SSSR count).